The fraction of sp³-hybridized carbons (Fsp3) is 0.273. The fourth-order valence-corrected chi connectivity index (χ4v) is 3.11. The van der Waals surface area contributed by atoms with Gasteiger partial charge in [-0.3, -0.25) is 0 Å². The van der Waals surface area contributed by atoms with Gasteiger partial charge in [0.1, 0.15) is 0 Å². The zero-order valence-electron chi connectivity index (χ0n) is 10.1. The topological polar surface area (TPSA) is 33.7 Å². The van der Waals surface area contributed by atoms with Crippen LogP contribution in [0, 0.1) is 0 Å². The molecule has 1 aromatic carbocycles. The Balaban J connectivity index is 2.20. The first kappa shape index (κ1) is 12.9. The number of rotatable bonds is 4. The number of nitrogens with zero attached hydrogens (tertiary/aromatic N) is 1. The van der Waals surface area contributed by atoms with Crippen molar-refractivity contribution in [1.82, 2.24) is 4.67 Å². The summed E-state index contributed by atoms with van der Waals surface area (Å²) in [7, 11) is -4.38. The summed E-state index contributed by atoms with van der Waals surface area (Å²) >= 11 is 0. The molecule has 1 aromatic rings. The van der Waals surface area contributed by atoms with Crippen LogP contribution in [0.25, 0.3) is 0 Å². The quantitative estimate of drug-likeness (QED) is 0.844. The van der Waals surface area contributed by atoms with Crippen LogP contribution in [0.2, 0.25) is 0 Å². The number of nitrogens with one attached hydrogen (secondary N) is 1. The van der Waals surface area contributed by atoms with Crippen molar-refractivity contribution in [2.24, 2.45) is 0 Å². The molecule has 0 amide bonds. The average Bonchev–Trinajstić information content (AvgIpc) is 2.51. The molecule has 2 rings (SSSR count). The van der Waals surface area contributed by atoms with Crippen molar-refractivity contribution in [2.75, 3.05) is 18.7 Å². The van der Waals surface area contributed by atoms with Gasteiger partial charge in [0.2, 0.25) is 0 Å². The van der Waals surface area contributed by atoms with E-state index in [9.17, 15) is 8.39 Å². The Morgan fingerprint density at radius 1 is 1.33 bits per heavy atom. The van der Waals surface area contributed by atoms with E-state index < -0.39 is 7.75 Å². The van der Waals surface area contributed by atoms with Crippen LogP contribution < -0.4 is 5.09 Å². The van der Waals surface area contributed by atoms with Gasteiger partial charge in [0.25, 0.3) is 0 Å². The van der Waals surface area contributed by atoms with E-state index >= 15 is 0 Å². The molecular weight excluding hydrogens is 261 g/mol. The second kappa shape index (κ2) is 4.28. The molecule has 1 aliphatic heterocycles. The third-order valence-electron chi connectivity index (χ3n) is 2.43. The van der Waals surface area contributed by atoms with Gasteiger partial charge < -0.3 is 0 Å². The van der Waals surface area contributed by atoms with Crippen LogP contribution in [0.15, 0.2) is 42.5 Å². The second-order valence-electron chi connectivity index (χ2n) is 3.82. The molecule has 0 fully saturated rings. The Morgan fingerprint density at radius 3 is 2.61 bits per heavy atom. The molecule has 1 N–H and O–H groups in total. The molecule has 7 heteroatoms. The van der Waals surface area contributed by atoms with Gasteiger partial charge in [-0.15, -0.1) is 0 Å². The first-order valence-corrected chi connectivity index (χ1v) is 7.39. The summed E-state index contributed by atoms with van der Waals surface area (Å²) in [5, 5.41) is 2.20. The van der Waals surface area contributed by atoms with Crippen molar-refractivity contribution in [1.29, 1.82) is 0 Å². The molecule has 0 saturated heterocycles. The molecule has 4 nitrogen and oxygen atoms in total. The van der Waals surface area contributed by atoms with E-state index in [2.05, 4.69) is 5.09 Å². The van der Waals surface area contributed by atoms with Crippen LogP contribution >= 0.6 is 7.75 Å². The van der Waals surface area contributed by atoms with E-state index in [0.29, 0.717) is 5.69 Å². The fourth-order valence-electron chi connectivity index (χ4n) is 1.52. The molecule has 0 atom stereocenters. The Bertz CT molecular complexity index is 467. The monoisotopic (exact) mass is 276 g/mol. The van der Waals surface area contributed by atoms with Crippen molar-refractivity contribution >= 4 is 13.4 Å². The molecule has 0 spiro atoms. The SMILES string of the molecule is CCOC1=CN(C)P(F)(F)(Nc2ccccc2)O1. The molecule has 0 aromatic heterocycles. The van der Waals surface area contributed by atoms with Crippen LogP contribution in [0.4, 0.5) is 14.1 Å². The minimum absolute atomic E-state index is 0.161. The van der Waals surface area contributed by atoms with E-state index in [-0.39, 0.29) is 12.6 Å². The number of benzene rings is 1. The zero-order chi connectivity index (χ0) is 13.3. The van der Waals surface area contributed by atoms with E-state index in [4.69, 9.17) is 9.26 Å². The van der Waals surface area contributed by atoms with Crippen molar-refractivity contribution < 1.29 is 17.7 Å². The van der Waals surface area contributed by atoms with E-state index in [1.807, 2.05) is 0 Å². The summed E-state index contributed by atoms with van der Waals surface area (Å²) in [6.07, 6.45) is 1.16. The van der Waals surface area contributed by atoms with Gasteiger partial charge in [0.15, 0.2) is 0 Å². The maximum absolute atomic E-state index is 14.6. The number of hydrogen-bond donors (Lipinski definition) is 1. The first-order valence-electron chi connectivity index (χ1n) is 5.50. The van der Waals surface area contributed by atoms with Gasteiger partial charge in [-0.05, 0) is 0 Å². The van der Waals surface area contributed by atoms with E-state index in [1.54, 1.807) is 37.3 Å². The molecule has 18 heavy (non-hydrogen) atoms. The van der Waals surface area contributed by atoms with Gasteiger partial charge in [0.05, 0.1) is 0 Å². The molecule has 0 saturated carbocycles. The van der Waals surface area contributed by atoms with Crippen LogP contribution in [-0.4, -0.2) is 18.3 Å². The van der Waals surface area contributed by atoms with Crippen molar-refractivity contribution in [2.45, 2.75) is 6.92 Å². The first-order chi connectivity index (χ1) is 8.43. The standard InChI is InChI=1S/C11H15F2N2O2P/c1-3-16-11-9-15(2)18(12,13,17-11)14-10-7-5-4-6-8-10/h4-9,14H,3H2,1-2H3. The number of hydrogen-bond acceptors (Lipinski definition) is 4. The molecule has 0 unspecified atom stereocenters. The van der Waals surface area contributed by atoms with Gasteiger partial charge in [0, 0.05) is 0 Å². The molecular formula is C11H15F2N2O2P. The maximum atomic E-state index is 14.6. The third kappa shape index (κ3) is 2.34. The zero-order valence-corrected chi connectivity index (χ0v) is 11.0. The Kier molecular flexibility index (Phi) is 3.07. The van der Waals surface area contributed by atoms with Gasteiger partial charge in [-0.1, -0.05) is 0 Å². The molecule has 0 bridgehead atoms. The summed E-state index contributed by atoms with van der Waals surface area (Å²) in [6.45, 7) is 1.98. The van der Waals surface area contributed by atoms with Gasteiger partial charge >= 0.3 is 104 Å². The van der Waals surface area contributed by atoms with Crippen LogP contribution in [-0.2, 0) is 9.26 Å². The van der Waals surface area contributed by atoms with Crippen LogP contribution in [0.5, 0.6) is 0 Å². The molecule has 1 aliphatic rings. The summed E-state index contributed by atoms with van der Waals surface area (Å²) < 4.78 is 39.6. The Hall–Kier alpha value is -1.55. The summed E-state index contributed by atoms with van der Waals surface area (Å²) in [4.78, 5) is 0. The van der Waals surface area contributed by atoms with E-state index in [1.165, 1.54) is 7.05 Å². The number of para-hydroxylation sites is 1. The van der Waals surface area contributed by atoms with Gasteiger partial charge in [-0.25, -0.2) is 0 Å². The number of ether oxygens (including phenoxy) is 1. The van der Waals surface area contributed by atoms with Crippen LogP contribution in [0.1, 0.15) is 6.92 Å². The normalized spacial score (nSPS) is 22.3. The number of halogens is 2. The Morgan fingerprint density at radius 2 is 2.00 bits per heavy atom. The van der Waals surface area contributed by atoms with Crippen molar-refractivity contribution in [3.8, 4) is 0 Å². The molecule has 100 valence electrons. The molecule has 0 aliphatic carbocycles. The molecule has 0 radical (unpaired) electrons. The minimum atomic E-state index is -5.64. The second-order valence-corrected chi connectivity index (χ2v) is 6.45. The van der Waals surface area contributed by atoms with Gasteiger partial charge in [-0.2, -0.15) is 0 Å². The van der Waals surface area contributed by atoms with Crippen LogP contribution in [0.3, 0.4) is 0 Å². The molecule has 1 heterocycles. The summed E-state index contributed by atoms with van der Waals surface area (Å²) in [5.74, 6) is -0.161. The predicted molar refractivity (Wildman–Crippen MR) is 67.8 cm³/mol. The third-order valence-corrected chi connectivity index (χ3v) is 4.71. The van der Waals surface area contributed by atoms with E-state index in [0.717, 1.165) is 10.9 Å². The summed E-state index contributed by atoms with van der Waals surface area (Å²) in [5.41, 5.74) is 0.304. The van der Waals surface area contributed by atoms with Crippen molar-refractivity contribution in [3.63, 3.8) is 0 Å². The summed E-state index contributed by atoms with van der Waals surface area (Å²) in [6, 6.07) is 8.22. The van der Waals surface area contributed by atoms with Crippen molar-refractivity contribution in [3.05, 3.63) is 42.5 Å². The average molecular weight is 276 g/mol. The predicted octanol–water partition coefficient (Wildman–Crippen LogP) is 3.96. The Labute approximate surface area is 105 Å². The number of anilines is 1.